The van der Waals surface area contributed by atoms with Gasteiger partial charge in [-0.1, -0.05) is 11.6 Å². The summed E-state index contributed by atoms with van der Waals surface area (Å²) < 4.78 is 34.3. The molecule has 1 aliphatic rings. The van der Waals surface area contributed by atoms with Crippen molar-refractivity contribution in [2.24, 2.45) is 0 Å². The predicted molar refractivity (Wildman–Crippen MR) is 111 cm³/mol. The van der Waals surface area contributed by atoms with Crippen LogP contribution in [0.1, 0.15) is 12.0 Å². The van der Waals surface area contributed by atoms with Gasteiger partial charge in [0.15, 0.2) is 0 Å². The second-order valence-corrected chi connectivity index (χ2v) is 8.02. The summed E-state index contributed by atoms with van der Waals surface area (Å²) in [5.41, 5.74) is 1.72. The van der Waals surface area contributed by atoms with Gasteiger partial charge in [-0.05, 0) is 48.3 Å². The summed E-state index contributed by atoms with van der Waals surface area (Å²) in [6, 6.07) is 11.0. The molecule has 8 heteroatoms. The van der Waals surface area contributed by atoms with Gasteiger partial charge in [-0.25, -0.2) is 8.78 Å². The van der Waals surface area contributed by atoms with Crippen LogP contribution in [0.5, 0.6) is 5.75 Å². The van der Waals surface area contributed by atoms with Crippen LogP contribution in [-0.2, 0) is 0 Å². The first-order valence-electron chi connectivity index (χ1n) is 8.97. The van der Waals surface area contributed by atoms with Crippen molar-refractivity contribution >= 4 is 40.1 Å². The van der Waals surface area contributed by atoms with Gasteiger partial charge in [0, 0.05) is 53.2 Å². The Morgan fingerprint density at radius 1 is 1.14 bits per heavy atom. The van der Waals surface area contributed by atoms with E-state index in [0.29, 0.717) is 15.9 Å². The van der Waals surface area contributed by atoms with Gasteiger partial charge in [0.2, 0.25) is 0 Å². The fourth-order valence-corrected chi connectivity index (χ4v) is 4.56. The largest absolute Gasteiger partial charge is 0.495 e. The Morgan fingerprint density at radius 2 is 1.93 bits per heavy atom. The maximum atomic E-state index is 13.5. The number of anilines is 1. The van der Waals surface area contributed by atoms with Crippen LogP contribution in [0.15, 0.2) is 47.5 Å². The third-order valence-electron chi connectivity index (χ3n) is 4.81. The first kappa shape index (κ1) is 19.4. The Hall–Kier alpha value is -1.96. The third kappa shape index (κ3) is 3.79. The number of fused-ring (bicyclic) bond motifs is 1. The minimum Gasteiger partial charge on any atom is -0.495 e. The molecule has 0 unspecified atom stereocenters. The summed E-state index contributed by atoms with van der Waals surface area (Å²) in [6.45, 7) is 3.62. The molecule has 1 N–H and O–H groups in total. The van der Waals surface area contributed by atoms with E-state index in [1.807, 2.05) is 12.1 Å². The highest BCUT2D eigenvalue weighted by atomic mass is 35.5. The van der Waals surface area contributed by atoms with E-state index in [0.717, 1.165) is 42.5 Å². The fraction of sp³-hybridized carbons (Fsp3) is 0.300. The number of benzene rings is 2. The molecule has 2 aromatic carbocycles. The lowest BCUT2D eigenvalue weighted by Crippen LogP contribution is -2.43. The predicted octanol–water partition coefficient (Wildman–Crippen LogP) is 5.21. The number of ether oxygens (including phenoxy) is 1. The first-order valence-corrected chi connectivity index (χ1v) is 10.1. The second kappa shape index (κ2) is 8.19. The molecular formula is C20H20ClF2N3OS. The van der Waals surface area contributed by atoms with E-state index in [4.69, 9.17) is 16.3 Å². The molecule has 0 atom stereocenters. The molecule has 28 heavy (non-hydrogen) atoms. The number of methoxy groups -OCH3 is 1. The molecule has 3 aromatic rings. The lowest BCUT2D eigenvalue weighted by atomic mass is 10.2. The summed E-state index contributed by atoms with van der Waals surface area (Å²) in [6.07, 6.45) is -1.07. The number of aromatic nitrogens is 1. The molecule has 0 spiro atoms. The number of nitrogens with one attached hydrogen (secondary N) is 1. The van der Waals surface area contributed by atoms with Gasteiger partial charge in [-0.3, -0.25) is 3.97 Å². The van der Waals surface area contributed by atoms with Crippen molar-refractivity contribution < 1.29 is 13.5 Å². The van der Waals surface area contributed by atoms with Crippen molar-refractivity contribution in [3.05, 3.63) is 53.2 Å². The van der Waals surface area contributed by atoms with Gasteiger partial charge < -0.3 is 15.0 Å². The molecule has 4 nitrogen and oxygen atoms in total. The molecule has 0 bridgehead atoms. The quantitative estimate of drug-likeness (QED) is 0.610. The van der Waals surface area contributed by atoms with E-state index < -0.39 is 6.43 Å². The van der Waals surface area contributed by atoms with Crippen molar-refractivity contribution in [2.75, 3.05) is 38.2 Å². The lowest BCUT2D eigenvalue weighted by Gasteiger charge is -2.30. The van der Waals surface area contributed by atoms with Gasteiger partial charge in [-0.2, -0.15) is 0 Å². The number of hydrogen-bond acceptors (Lipinski definition) is 4. The molecule has 0 saturated carbocycles. The normalized spacial score (nSPS) is 14.8. The number of halogens is 3. The summed E-state index contributed by atoms with van der Waals surface area (Å²) >= 11 is 7.42. The number of nitrogens with zero attached hydrogens (tertiary/aromatic N) is 2. The van der Waals surface area contributed by atoms with Crippen LogP contribution in [0, 0.1) is 0 Å². The molecule has 1 aliphatic heterocycles. The SMILES string of the molecule is COc1ccc(Sn2cc(C(F)F)c3cc(Cl)ccc32)cc1N1CCNCC1. The van der Waals surface area contributed by atoms with E-state index in [9.17, 15) is 8.78 Å². The molecule has 0 amide bonds. The van der Waals surface area contributed by atoms with E-state index in [2.05, 4.69) is 16.3 Å². The highest BCUT2D eigenvalue weighted by molar-refractivity contribution is 7.98. The number of rotatable bonds is 5. The standard InChI is InChI=1S/C20H20ClF2N3OS/c1-27-19-5-3-14(11-18(19)25-8-6-24-7-9-25)28-26-12-16(20(22)23)15-10-13(21)2-4-17(15)26/h2-5,10-12,20,24H,6-9H2,1H3. The molecule has 4 rings (SSSR count). The highest BCUT2D eigenvalue weighted by Crippen LogP contribution is 2.38. The second-order valence-electron chi connectivity index (χ2n) is 6.53. The Labute approximate surface area is 171 Å². The Bertz CT molecular complexity index is 989. The van der Waals surface area contributed by atoms with Crippen molar-refractivity contribution in [2.45, 2.75) is 11.3 Å². The number of piperazine rings is 1. The van der Waals surface area contributed by atoms with Gasteiger partial charge in [0.05, 0.1) is 18.3 Å². The van der Waals surface area contributed by atoms with Crippen LogP contribution in [-0.4, -0.2) is 37.3 Å². The van der Waals surface area contributed by atoms with Crippen molar-refractivity contribution in [3.63, 3.8) is 0 Å². The average Bonchev–Trinajstić information content (AvgIpc) is 3.06. The Kier molecular flexibility index (Phi) is 5.66. The molecule has 1 fully saturated rings. The van der Waals surface area contributed by atoms with Crippen molar-refractivity contribution in [1.29, 1.82) is 0 Å². The average molecular weight is 424 g/mol. The maximum absolute atomic E-state index is 13.5. The molecule has 1 aromatic heterocycles. The molecule has 148 valence electrons. The van der Waals surface area contributed by atoms with E-state index in [-0.39, 0.29) is 5.56 Å². The van der Waals surface area contributed by atoms with E-state index in [1.165, 1.54) is 18.1 Å². The van der Waals surface area contributed by atoms with Crippen LogP contribution < -0.4 is 15.0 Å². The van der Waals surface area contributed by atoms with Gasteiger partial charge in [-0.15, -0.1) is 0 Å². The molecule has 1 saturated heterocycles. The molecular weight excluding hydrogens is 404 g/mol. The highest BCUT2D eigenvalue weighted by Gasteiger charge is 2.19. The Morgan fingerprint density at radius 3 is 2.64 bits per heavy atom. The molecule has 0 aliphatic carbocycles. The van der Waals surface area contributed by atoms with Crippen LogP contribution in [0.25, 0.3) is 10.9 Å². The summed E-state index contributed by atoms with van der Waals surface area (Å²) in [4.78, 5) is 3.22. The molecule has 2 heterocycles. The minimum atomic E-state index is -2.56. The minimum absolute atomic E-state index is 0.0131. The van der Waals surface area contributed by atoms with Gasteiger partial charge >= 0.3 is 0 Å². The fourth-order valence-electron chi connectivity index (χ4n) is 3.44. The molecule has 0 radical (unpaired) electrons. The van der Waals surface area contributed by atoms with Gasteiger partial charge in [0.25, 0.3) is 6.43 Å². The van der Waals surface area contributed by atoms with E-state index >= 15 is 0 Å². The third-order valence-corrected chi connectivity index (χ3v) is 6.01. The van der Waals surface area contributed by atoms with Crippen LogP contribution >= 0.6 is 23.5 Å². The zero-order valence-corrected chi connectivity index (χ0v) is 16.9. The number of alkyl halides is 2. The van der Waals surface area contributed by atoms with E-state index in [1.54, 1.807) is 29.3 Å². The first-order chi connectivity index (χ1) is 13.6. The maximum Gasteiger partial charge on any atom is 0.265 e. The van der Waals surface area contributed by atoms with Crippen molar-refractivity contribution in [1.82, 2.24) is 9.29 Å². The van der Waals surface area contributed by atoms with Gasteiger partial charge in [0.1, 0.15) is 5.75 Å². The van der Waals surface area contributed by atoms with Crippen LogP contribution in [0.3, 0.4) is 0 Å². The summed E-state index contributed by atoms with van der Waals surface area (Å²) in [5, 5.41) is 4.27. The number of hydrogen-bond donors (Lipinski definition) is 1. The monoisotopic (exact) mass is 423 g/mol. The summed E-state index contributed by atoms with van der Waals surface area (Å²) in [5.74, 6) is 0.809. The zero-order chi connectivity index (χ0) is 19.7. The lowest BCUT2D eigenvalue weighted by molar-refractivity contribution is 0.153. The zero-order valence-electron chi connectivity index (χ0n) is 15.3. The summed E-state index contributed by atoms with van der Waals surface area (Å²) in [7, 11) is 1.66. The Balaban J connectivity index is 1.71. The topological polar surface area (TPSA) is 29.4 Å². The van der Waals surface area contributed by atoms with Crippen molar-refractivity contribution in [3.8, 4) is 5.75 Å². The van der Waals surface area contributed by atoms with Crippen LogP contribution in [0.4, 0.5) is 14.5 Å². The van der Waals surface area contributed by atoms with Crippen LogP contribution in [0.2, 0.25) is 5.02 Å². The smallest absolute Gasteiger partial charge is 0.265 e.